The number of nitrogens with one attached hydrogen (secondary N) is 2. The van der Waals surface area contributed by atoms with Gasteiger partial charge in [-0.2, -0.15) is 0 Å². The molecule has 2 N–H and O–H groups in total. The molecule has 168 valence electrons. The number of benzene rings is 2. The zero-order valence-corrected chi connectivity index (χ0v) is 19.3. The number of H-pyrrole nitrogens is 1. The lowest BCUT2D eigenvalue weighted by molar-refractivity contribution is 0.184. The van der Waals surface area contributed by atoms with E-state index < -0.39 is 0 Å². The van der Waals surface area contributed by atoms with Gasteiger partial charge in [0.2, 0.25) is 0 Å². The topological polar surface area (TPSA) is 65.2 Å². The first-order valence-corrected chi connectivity index (χ1v) is 11.8. The minimum absolute atomic E-state index is 0.154. The van der Waals surface area contributed by atoms with E-state index in [1.165, 1.54) is 12.0 Å². The average Bonchev–Trinajstić information content (AvgIpc) is 2.80. The Hall–Kier alpha value is -2.79. The molecule has 1 fully saturated rings. The first-order chi connectivity index (χ1) is 15.5. The maximum Gasteiger partial charge on any atom is 0.318 e. The summed E-state index contributed by atoms with van der Waals surface area (Å²) in [4.78, 5) is 30.7. The third-order valence-electron chi connectivity index (χ3n) is 6.29. The molecule has 6 heteroatoms. The molecule has 32 heavy (non-hydrogen) atoms. The Kier molecular flexibility index (Phi) is 7.15. The number of amides is 2. The first-order valence-electron chi connectivity index (χ1n) is 11.5. The molecule has 2 aromatic carbocycles. The highest BCUT2D eigenvalue weighted by Crippen LogP contribution is 2.21. The third-order valence-corrected chi connectivity index (χ3v) is 6.66. The van der Waals surface area contributed by atoms with Gasteiger partial charge in [-0.3, -0.25) is 4.79 Å². The molecule has 0 unspecified atom stereocenters. The lowest BCUT2D eigenvalue weighted by atomic mass is 9.96. The number of urea groups is 1. The van der Waals surface area contributed by atoms with Crippen molar-refractivity contribution in [1.29, 1.82) is 0 Å². The second-order valence-corrected chi connectivity index (χ2v) is 9.04. The summed E-state index contributed by atoms with van der Waals surface area (Å²) in [6, 6.07) is 15.5. The summed E-state index contributed by atoms with van der Waals surface area (Å²) in [5, 5.41) is 4.78. The monoisotopic (exact) mass is 451 g/mol. The number of halogens is 1. The van der Waals surface area contributed by atoms with Gasteiger partial charge >= 0.3 is 6.03 Å². The standard InChI is InChI=1S/C26H30ClN3O2/c1-2-18-12-13-24-20(14-18)15-21(25(31)29-24)17-30(16-19-8-6-7-11-23(19)27)26(32)28-22-9-4-3-5-10-22/h6-8,11-15,22H,2-5,9-10,16-17H2,1H3,(H,28,32)(H,29,31). The molecule has 4 rings (SSSR count). The van der Waals surface area contributed by atoms with Crippen molar-refractivity contribution < 1.29 is 4.79 Å². The summed E-state index contributed by atoms with van der Waals surface area (Å²) in [5.41, 5.74) is 3.27. The molecule has 1 heterocycles. The van der Waals surface area contributed by atoms with Crippen molar-refractivity contribution in [2.75, 3.05) is 0 Å². The maximum absolute atomic E-state index is 13.3. The summed E-state index contributed by atoms with van der Waals surface area (Å²) in [5.74, 6) is 0. The first kappa shape index (κ1) is 22.4. The Bertz CT molecular complexity index is 1150. The molecule has 0 bridgehead atoms. The smallest absolute Gasteiger partial charge is 0.318 e. The van der Waals surface area contributed by atoms with E-state index in [1.807, 2.05) is 42.5 Å². The van der Waals surface area contributed by atoms with Crippen molar-refractivity contribution in [1.82, 2.24) is 15.2 Å². The van der Waals surface area contributed by atoms with Crippen LogP contribution >= 0.6 is 11.6 Å². The van der Waals surface area contributed by atoms with Crippen LogP contribution < -0.4 is 10.9 Å². The van der Waals surface area contributed by atoms with E-state index in [1.54, 1.807) is 4.90 Å². The summed E-state index contributed by atoms with van der Waals surface area (Å²) in [7, 11) is 0. The molecule has 1 aliphatic rings. The van der Waals surface area contributed by atoms with Gasteiger partial charge in [-0.1, -0.05) is 62.1 Å². The maximum atomic E-state index is 13.3. The normalized spacial score (nSPS) is 14.4. The second kappa shape index (κ2) is 10.2. The number of rotatable bonds is 6. The summed E-state index contributed by atoms with van der Waals surface area (Å²) < 4.78 is 0. The lowest BCUT2D eigenvalue weighted by Crippen LogP contribution is -2.45. The molecule has 0 aliphatic heterocycles. The molecular weight excluding hydrogens is 422 g/mol. The van der Waals surface area contributed by atoms with Crippen LogP contribution in [0, 0.1) is 0 Å². The Balaban J connectivity index is 1.63. The molecule has 0 atom stereocenters. The zero-order chi connectivity index (χ0) is 22.5. The van der Waals surface area contributed by atoms with Crippen molar-refractivity contribution in [2.24, 2.45) is 0 Å². The van der Waals surface area contributed by atoms with Crippen LogP contribution in [-0.4, -0.2) is 22.0 Å². The number of carbonyl (C=O) groups excluding carboxylic acids is 1. The van der Waals surface area contributed by atoms with Crippen LogP contribution in [0.15, 0.2) is 53.3 Å². The van der Waals surface area contributed by atoms with E-state index in [0.717, 1.165) is 48.6 Å². The number of nitrogens with zero attached hydrogens (tertiary/aromatic N) is 1. The molecule has 2 amide bonds. The van der Waals surface area contributed by atoms with Gasteiger partial charge in [-0.05, 0) is 60.0 Å². The number of hydrogen-bond acceptors (Lipinski definition) is 2. The summed E-state index contributed by atoms with van der Waals surface area (Å²) in [6.45, 7) is 2.66. The van der Waals surface area contributed by atoms with E-state index in [9.17, 15) is 9.59 Å². The van der Waals surface area contributed by atoms with Crippen LogP contribution in [0.25, 0.3) is 10.9 Å². The van der Waals surface area contributed by atoms with Gasteiger partial charge in [0, 0.05) is 28.7 Å². The SMILES string of the molecule is CCc1ccc2[nH]c(=O)c(CN(Cc3ccccc3Cl)C(=O)NC3CCCCC3)cc2c1. The molecule has 3 aromatic rings. The van der Waals surface area contributed by atoms with Gasteiger partial charge in [0.1, 0.15) is 0 Å². The number of aryl methyl sites for hydroxylation is 1. The predicted octanol–water partition coefficient (Wildman–Crippen LogP) is 5.79. The quantitative estimate of drug-likeness (QED) is 0.498. The Labute approximate surface area is 193 Å². The Morgan fingerprint density at radius 3 is 2.56 bits per heavy atom. The molecule has 1 saturated carbocycles. The van der Waals surface area contributed by atoms with Crippen LogP contribution in [0.4, 0.5) is 4.79 Å². The highest BCUT2D eigenvalue weighted by atomic mass is 35.5. The molecule has 0 spiro atoms. The van der Waals surface area contributed by atoms with Crippen molar-refractivity contribution in [3.63, 3.8) is 0 Å². The fourth-order valence-corrected chi connectivity index (χ4v) is 4.58. The van der Waals surface area contributed by atoms with Crippen LogP contribution in [0.3, 0.4) is 0 Å². The Morgan fingerprint density at radius 1 is 1.06 bits per heavy atom. The van der Waals surface area contributed by atoms with Gasteiger partial charge in [0.05, 0.1) is 6.54 Å². The van der Waals surface area contributed by atoms with Crippen molar-refractivity contribution >= 4 is 28.5 Å². The minimum Gasteiger partial charge on any atom is -0.335 e. The molecule has 1 aliphatic carbocycles. The fraction of sp³-hybridized carbons (Fsp3) is 0.385. The number of hydrogen-bond donors (Lipinski definition) is 2. The summed E-state index contributed by atoms with van der Waals surface area (Å²) >= 11 is 6.38. The predicted molar refractivity (Wildman–Crippen MR) is 130 cm³/mol. The van der Waals surface area contributed by atoms with Gasteiger partial charge in [-0.25, -0.2) is 4.79 Å². The summed E-state index contributed by atoms with van der Waals surface area (Å²) in [6.07, 6.45) is 6.43. The average molecular weight is 452 g/mol. The van der Waals surface area contributed by atoms with Crippen molar-refractivity contribution in [3.8, 4) is 0 Å². The van der Waals surface area contributed by atoms with E-state index in [4.69, 9.17) is 11.6 Å². The molecule has 0 saturated heterocycles. The number of aromatic nitrogens is 1. The van der Waals surface area contributed by atoms with Gasteiger partial charge in [-0.15, -0.1) is 0 Å². The van der Waals surface area contributed by atoms with Crippen LogP contribution in [0.1, 0.15) is 55.7 Å². The van der Waals surface area contributed by atoms with Crippen LogP contribution in [0.2, 0.25) is 5.02 Å². The van der Waals surface area contributed by atoms with Gasteiger partial charge < -0.3 is 15.2 Å². The lowest BCUT2D eigenvalue weighted by Gasteiger charge is -2.28. The van der Waals surface area contributed by atoms with E-state index in [0.29, 0.717) is 17.1 Å². The molecular formula is C26H30ClN3O2. The van der Waals surface area contributed by atoms with E-state index in [-0.39, 0.29) is 24.2 Å². The Morgan fingerprint density at radius 2 is 1.81 bits per heavy atom. The number of fused-ring (bicyclic) bond motifs is 1. The van der Waals surface area contributed by atoms with Gasteiger partial charge in [0.15, 0.2) is 0 Å². The van der Waals surface area contributed by atoms with E-state index in [2.05, 4.69) is 23.3 Å². The largest absolute Gasteiger partial charge is 0.335 e. The molecule has 0 radical (unpaired) electrons. The van der Waals surface area contributed by atoms with Crippen LogP contribution in [0.5, 0.6) is 0 Å². The second-order valence-electron chi connectivity index (χ2n) is 8.63. The highest BCUT2D eigenvalue weighted by molar-refractivity contribution is 6.31. The molecule has 1 aromatic heterocycles. The van der Waals surface area contributed by atoms with Crippen molar-refractivity contribution in [3.05, 3.63) is 80.6 Å². The number of aromatic amines is 1. The number of pyridine rings is 1. The minimum atomic E-state index is -0.170. The third kappa shape index (κ3) is 5.33. The van der Waals surface area contributed by atoms with Gasteiger partial charge in [0.25, 0.3) is 5.56 Å². The molecule has 5 nitrogen and oxygen atoms in total. The fourth-order valence-electron chi connectivity index (χ4n) is 4.39. The van der Waals surface area contributed by atoms with Crippen molar-refractivity contribution in [2.45, 2.75) is 64.6 Å². The van der Waals surface area contributed by atoms with Crippen LogP contribution in [-0.2, 0) is 19.5 Å². The highest BCUT2D eigenvalue weighted by Gasteiger charge is 2.22. The van der Waals surface area contributed by atoms with E-state index >= 15 is 0 Å². The zero-order valence-electron chi connectivity index (χ0n) is 18.5. The number of carbonyl (C=O) groups is 1.